The van der Waals surface area contributed by atoms with Crippen LogP contribution in [-0.2, 0) is 0 Å². The van der Waals surface area contributed by atoms with E-state index in [2.05, 4.69) is 12.8 Å². The summed E-state index contributed by atoms with van der Waals surface area (Å²) in [6.07, 6.45) is 7.58. The number of hydrogen-bond acceptors (Lipinski definition) is 1. The fourth-order valence-electron chi connectivity index (χ4n) is 1.99. The number of piperidine rings is 1. The molecule has 0 aromatic heterocycles. The molecule has 1 fully saturated rings. The molecule has 15 heavy (non-hydrogen) atoms. The van der Waals surface area contributed by atoms with Crippen molar-refractivity contribution >= 4 is 6.03 Å². The summed E-state index contributed by atoms with van der Waals surface area (Å²) in [5.41, 5.74) is 0. The summed E-state index contributed by atoms with van der Waals surface area (Å²) < 4.78 is 0. The summed E-state index contributed by atoms with van der Waals surface area (Å²) in [7, 11) is 0. The number of likely N-dealkylation sites (tertiary alicyclic amines) is 1. The second kappa shape index (κ2) is 5.65. The third kappa shape index (κ3) is 3.16. The van der Waals surface area contributed by atoms with Crippen LogP contribution in [0.1, 0.15) is 26.7 Å². The Morgan fingerprint density at radius 1 is 1.67 bits per heavy atom. The predicted octanol–water partition coefficient (Wildman–Crippen LogP) is 1.79. The largest absolute Gasteiger partial charge is 0.324 e. The van der Waals surface area contributed by atoms with E-state index in [1.165, 1.54) is 6.42 Å². The van der Waals surface area contributed by atoms with E-state index in [-0.39, 0.29) is 6.03 Å². The van der Waals surface area contributed by atoms with E-state index in [4.69, 9.17) is 6.42 Å². The number of carbonyl (C=O) groups excluding carboxylic acids is 1. The molecule has 0 spiro atoms. The van der Waals surface area contributed by atoms with Crippen molar-refractivity contribution in [3.05, 3.63) is 0 Å². The SMILES string of the molecule is C#CCN(CC)C(=O)N1CCCC(C)C1. The van der Waals surface area contributed by atoms with Crippen LogP contribution in [0.25, 0.3) is 0 Å². The minimum Gasteiger partial charge on any atom is -0.324 e. The van der Waals surface area contributed by atoms with E-state index in [0.717, 1.165) is 19.5 Å². The Morgan fingerprint density at radius 3 is 2.93 bits per heavy atom. The molecule has 0 bridgehead atoms. The standard InChI is InChI=1S/C12H20N2O/c1-4-8-13(5-2)12(15)14-9-6-7-11(3)10-14/h1,11H,5-10H2,2-3H3. The summed E-state index contributed by atoms with van der Waals surface area (Å²) >= 11 is 0. The summed E-state index contributed by atoms with van der Waals surface area (Å²) in [6, 6.07) is 0.0991. The highest BCUT2D eigenvalue weighted by Gasteiger charge is 2.23. The van der Waals surface area contributed by atoms with Gasteiger partial charge in [-0.25, -0.2) is 4.79 Å². The minimum absolute atomic E-state index is 0.0991. The van der Waals surface area contributed by atoms with Crippen LogP contribution in [0.5, 0.6) is 0 Å². The van der Waals surface area contributed by atoms with Crippen LogP contribution in [0.15, 0.2) is 0 Å². The summed E-state index contributed by atoms with van der Waals surface area (Å²) in [5, 5.41) is 0. The zero-order valence-electron chi connectivity index (χ0n) is 9.70. The Bertz CT molecular complexity index is 257. The molecule has 84 valence electrons. The van der Waals surface area contributed by atoms with Gasteiger partial charge < -0.3 is 9.80 Å². The van der Waals surface area contributed by atoms with Gasteiger partial charge in [-0.05, 0) is 25.7 Å². The summed E-state index contributed by atoms with van der Waals surface area (Å²) in [6.45, 7) is 7.01. The maximum absolute atomic E-state index is 12.0. The first-order valence-corrected chi connectivity index (χ1v) is 5.66. The number of terminal acetylenes is 1. The molecule has 1 heterocycles. The number of amides is 2. The summed E-state index contributed by atoms with van der Waals surface area (Å²) in [5.74, 6) is 3.15. The smallest absolute Gasteiger partial charge is 0.320 e. The molecule has 0 saturated carbocycles. The van der Waals surface area contributed by atoms with E-state index in [1.54, 1.807) is 4.90 Å². The Kier molecular flexibility index (Phi) is 4.48. The van der Waals surface area contributed by atoms with Gasteiger partial charge in [-0.1, -0.05) is 12.8 Å². The fraction of sp³-hybridized carbons (Fsp3) is 0.750. The first kappa shape index (κ1) is 11.9. The molecule has 1 aliphatic rings. The van der Waals surface area contributed by atoms with E-state index in [0.29, 0.717) is 19.0 Å². The quantitative estimate of drug-likeness (QED) is 0.635. The lowest BCUT2D eigenvalue weighted by molar-refractivity contribution is 0.137. The van der Waals surface area contributed by atoms with Crippen LogP contribution >= 0.6 is 0 Å². The fourth-order valence-corrected chi connectivity index (χ4v) is 1.99. The molecule has 0 N–H and O–H groups in total. The van der Waals surface area contributed by atoms with Crippen molar-refractivity contribution in [1.82, 2.24) is 9.80 Å². The predicted molar refractivity (Wildman–Crippen MR) is 61.4 cm³/mol. The number of nitrogens with zero attached hydrogens (tertiary/aromatic N) is 2. The van der Waals surface area contributed by atoms with Gasteiger partial charge in [0.15, 0.2) is 0 Å². The van der Waals surface area contributed by atoms with Crippen molar-refractivity contribution in [3.8, 4) is 12.3 Å². The van der Waals surface area contributed by atoms with Gasteiger partial charge in [0.1, 0.15) is 0 Å². The molecule has 1 rings (SSSR count). The first-order valence-electron chi connectivity index (χ1n) is 5.66. The van der Waals surface area contributed by atoms with Gasteiger partial charge in [-0.2, -0.15) is 0 Å². The summed E-state index contributed by atoms with van der Waals surface area (Å²) in [4.78, 5) is 15.7. The van der Waals surface area contributed by atoms with Gasteiger partial charge in [0, 0.05) is 19.6 Å². The Labute approximate surface area is 92.4 Å². The van der Waals surface area contributed by atoms with Crippen molar-refractivity contribution in [1.29, 1.82) is 0 Å². The van der Waals surface area contributed by atoms with Crippen molar-refractivity contribution in [2.45, 2.75) is 26.7 Å². The highest BCUT2D eigenvalue weighted by molar-refractivity contribution is 5.74. The lowest BCUT2D eigenvalue weighted by Crippen LogP contribution is -2.47. The van der Waals surface area contributed by atoms with Crippen molar-refractivity contribution < 1.29 is 4.79 Å². The van der Waals surface area contributed by atoms with Crippen molar-refractivity contribution in [3.63, 3.8) is 0 Å². The molecular weight excluding hydrogens is 188 g/mol. The molecule has 0 aromatic rings. The Balaban J connectivity index is 2.54. The molecule has 1 saturated heterocycles. The number of carbonyl (C=O) groups is 1. The molecule has 1 unspecified atom stereocenters. The number of hydrogen-bond donors (Lipinski definition) is 0. The molecular formula is C12H20N2O. The van der Waals surface area contributed by atoms with Gasteiger partial charge in [-0.15, -0.1) is 6.42 Å². The highest BCUT2D eigenvalue weighted by Crippen LogP contribution is 2.16. The monoisotopic (exact) mass is 208 g/mol. The topological polar surface area (TPSA) is 23.6 Å². The average Bonchev–Trinajstić information content (AvgIpc) is 2.25. The minimum atomic E-state index is 0.0991. The number of rotatable bonds is 2. The van der Waals surface area contributed by atoms with Crippen molar-refractivity contribution in [2.24, 2.45) is 5.92 Å². The van der Waals surface area contributed by atoms with Crippen LogP contribution in [0.4, 0.5) is 4.79 Å². The normalized spacial score (nSPS) is 20.9. The molecule has 0 radical (unpaired) electrons. The molecule has 0 aromatic carbocycles. The second-order valence-electron chi connectivity index (χ2n) is 4.19. The molecule has 3 heteroatoms. The Morgan fingerprint density at radius 2 is 2.40 bits per heavy atom. The van der Waals surface area contributed by atoms with E-state index < -0.39 is 0 Å². The molecule has 1 atom stereocenters. The van der Waals surface area contributed by atoms with Gasteiger partial charge in [0.25, 0.3) is 0 Å². The van der Waals surface area contributed by atoms with Crippen LogP contribution < -0.4 is 0 Å². The van der Waals surface area contributed by atoms with Crippen LogP contribution in [-0.4, -0.2) is 42.0 Å². The van der Waals surface area contributed by atoms with Gasteiger partial charge >= 0.3 is 6.03 Å². The van der Waals surface area contributed by atoms with Crippen LogP contribution in [0.2, 0.25) is 0 Å². The zero-order chi connectivity index (χ0) is 11.3. The second-order valence-corrected chi connectivity index (χ2v) is 4.19. The average molecular weight is 208 g/mol. The molecule has 2 amide bonds. The van der Waals surface area contributed by atoms with Gasteiger partial charge in [-0.3, -0.25) is 0 Å². The third-order valence-corrected chi connectivity index (χ3v) is 2.86. The molecule has 0 aliphatic carbocycles. The molecule has 3 nitrogen and oxygen atoms in total. The zero-order valence-corrected chi connectivity index (χ0v) is 9.70. The lowest BCUT2D eigenvalue weighted by Gasteiger charge is -2.34. The van der Waals surface area contributed by atoms with E-state index in [9.17, 15) is 4.79 Å². The van der Waals surface area contributed by atoms with Crippen LogP contribution in [0, 0.1) is 18.3 Å². The third-order valence-electron chi connectivity index (χ3n) is 2.86. The molecule has 1 aliphatic heterocycles. The van der Waals surface area contributed by atoms with E-state index >= 15 is 0 Å². The highest BCUT2D eigenvalue weighted by atomic mass is 16.2. The van der Waals surface area contributed by atoms with Gasteiger partial charge in [0.2, 0.25) is 0 Å². The van der Waals surface area contributed by atoms with Crippen molar-refractivity contribution in [2.75, 3.05) is 26.2 Å². The first-order chi connectivity index (χ1) is 7.19. The lowest BCUT2D eigenvalue weighted by atomic mass is 10.0. The Hall–Kier alpha value is -1.17. The van der Waals surface area contributed by atoms with Gasteiger partial charge in [0.05, 0.1) is 6.54 Å². The maximum Gasteiger partial charge on any atom is 0.320 e. The van der Waals surface area contributed by atoms with Crippen LogP contribution in [0.3, 0.4) is 0 Å². The maximum atomic E-state index is 12.0. The number of urea groups is 1. The van der Waals surface area contributed by atoms with E-state index in [1.807, 2.05) is 11.8 Å².